The molecule has 3 N–H and O–H groups in total. The molecule has 1 atom stereocenters. The molecule has 4 nitrogen and oxygen atoms in total. The molecule has 0 amide bonds. The fourth-order valence-electron chi connectivity index (χ4n) is 0.763. The van der Waals surface area contributed by atoms with Crippen LogP contribution >= 0.6 is 0 Å². The highest BCUT2D eigenvalue weighted by molar-refractivity contribution is 5.83. The Morgan fingerprint density at radius 1 is 1.57 bits per heavy atom. The van der Waals surface area contributed by atoms with Gasteiger partial charge in [-0.15, -0.1) is 0 Å². The summed E-state index contributed by atoms with van der Waals surface area (Å²) in [5, 5.41) is 10.5. The van der Waals surface area contributed by atoms with Gasteiger partial charge in [-0.05, 0) is 6.42 Å². The second-order valence-electron chi connectivity index (χ2n) is 2.69. The molecular formula is C7H13F3N2O2. The zero-order chi connectivity index (χ0) is 11.2. The number of nitrogens with two attached hydrogens (primary N) is 1. The third-order valence-electron chi connectivity index (χ3n) is 1.50. The van der Waals surface area contributed by atoms with Crippen molar-refractivity contribution in [2.75, 3.05) is 13.2 Å². The minimum atomic E-state index is -4.55. The van der Waals surface area contributed by atoms with Gasteiger partial charge in [-0.3, -0.25) is 0 Å². The van der Waals surface area contributed by atoms with Crippen LogP contribution in [0.5, 0.6) is 0 Å². The molecule has 84 valence electrons. The van der Waals surface area contributed by atoms with Crippen LogP contribution in [0.3, 0.4) is 0 Å². The lowest BCUT2D eigenvalue weighted by molar-refractivity contribution is -0.168. The summed E-state index contributed by atoms with van der Waals surface area (Å²) in [4.78, 5) is 0. The van der Waals surface area contributed by atoms with Crippen molar-refractivity contribution in [3.63, 3.8) is 0 Å². The van der Waals surface area contributed by atoms with Gasteiger partial charge in [0.05, 0.1) is 6.61 Å². The van der Waals surface area contributed by atoms with E-state index in [1.807, 2.05) is 0 Å². The molecule has 0 aliphatic carbocycles. The van der Waals surface area contributed by atoms with Gasteiger partial charge in [-0.2, -0.15) is 13.2 Å². The molecule has 7 heteroatoms. The average molecular weight is 214 g/mol. The Morgan fingerprint density at radius 3 is 2.50 bits per heavy atom. The van der Waals surface area contributed by atoms with E-state index in [-0.39, 0.29) is 6.61 Å². The Balaban J connectivity index is 4.28. The maximum Gasteiger partial charge on any atom is 0.401 e. The van der Waals surface area contributed by atoms with Gasteiger partial charge < -0.3 is 15.7 Å². The van der Waals surface area contributed by atoms with Crippen molar-refractivity contribution in [3.05, 3.63) is 0 Å². The summed E-state index contributed by atoms with van der Waals surface area (Å²) in [7, 11) is 0. The first-order valence-electron chi connectivity index (χ1n) is 4.05. The number of hydrogen-bond donors (Lipinski definition) is 2. The number of oxime groups is 1. The van der Waals surface area contributed by atoms with Crippen molar-refractivity contribution in [2.24, 2.45) is 16.8 Å². The van der Waals surface area contributed by atoms with Crippen LogP contribution in [0.15, 0.2) is 5.16 Å². The van der Waals surface area contributed by atoms with Crippen LogP contribution in [0, 0.1) is 5.92 Å². The van der Waals surface area contributed by atoms with Gasteiger partial charge in [0.2, 0.25) is 0 Å². The first-order valence-corrected chi connectivity index (χ1v) is 4.05. The molecular weight excluding hydrogens is 201 g/mol. The molecule has 0 aliphatic rings. The van der Waals surface area contributed by atoms with E-state index in [0.29, 0.717) is 6.42 Å². The number of ether oxygens (including phenoxy) is 1. The van der Waals surface area contributed by atoms with E-state index in [1.165, 1.54) is 0 Å². The Labute approximate surface area is 79.5 Å². The molecule has 0 rings (SSSR count). The molecule has 0 saturated carbocycles. The second kappa shape index (κ2) is 5.69. The van der Waals surface area contributed by atoms with Gasteiger partial charge in [0.1, 0.15) is 5.92 Å². The smallest absolute Gasteiger partial charge is 0.401 e. The monoisotopic (exact) mass is 214 g/mol. The lowest BCUT2D eigenvalue weighted by Crippen LogP contribution is -2.39. The largest absolute Gasteiger partial charge is 0.409 e. The predicted octanol–water partition coefficient (Wildman–Crippen LogP) is 1.34. The third kappa shape index (κ3) is 4.31. The van der Waals surface area contributed by atoms with E-state index in [1.54, 1.807) is 6.92 Å². The summed E-state index contributed by atoms with van der Waals surface area (Å²) >= 11 is 0. The van der Waals surface area contributed by atoms with Crippen LogP contribution in [-0.4, -0.2) is 30.4 Å². The fraction of sp³-hybridized carbons (Fsp3) is 0.857. The molecule has 0 spiro atoms. The Morgan fingerprint density at radius 2 is 2.14 bits per heavy atom. The Bertz CT molecular complexity index is 194. The van der Waals surface area contributed by atoms with Gasteiger partial charge >= 0.3 is 6.18 Å². The third-order valence-corrected chi connectivity index (χ3v) is 1.50. The first kappa shape index (κ1) is 13.0. The van der Waals surface area contributed by atoms with Crippen LogP contribution in [0.1, 0.15) is 13.3 Å². The van der Waals surface area contributed by atoms with Crippen molar-refractivity contribution in [2.45, 2.75) is 19.5 Å². The summed E-state index contributed by atoms with van der Waals surface area (Å²) in [6, 6.07) is 0. The molecule has 0 radical (unpaired) electrons. The van der Waals surface area contributed by atoms with Crippen molar-refractivity contribution < 1.29 is 23.1 Å². The van der Waals surface area contributed by atoms with Gasteiger partial charge in [0.15, 0.2) is 5.84 Å². The number of hydrogen-bond acceptors (Lipinski definition) is 3. The first-order chi connectivity index (χ1) is 6.43. The number of nitrogens with zero attached hydrogens (tertiary/aromatic N) is 1. The van der Waals surface area contributed by atoms with Gasteiger partial charge in [0.25, 0.3) is 0 Å². The average Bonchev–Trinajstić information content (AvgIpc) is 2.09. The zero-order valence-electron chi connectivity index (χ0n) is 7.71. The number of halogens is 3. The molecule has 0 heterocycles. The number of amidine groups is 1. The lowest BCUT2D eigenvalue weighted by atomic mass is 10.1. The summed E-state index contributed by atoms with van der Waals surface area (Å²) in [5.41, 5.74) is 4.89. The zero-order valence-corrected chi connectivity index (χ0v) is 7.71. The van der Waals surface area contributed by atoms with E-state index in [0.717, 1.165) is 0 Å². The van der Waals surface area contributed by atoms with E-state index >= 15 is 0 Å². The van der Waals surface area contributed by atoms with Gasteiger partial charge in [0, 0.05) is 6.61 Å². The molecule has 1 unspecified atom stereocenters. The fourth-order valence-corrected chi connectivity index (χ4v) is 0.763. The van der Waals surface area contributed by atoms with E-state index < -0.39 is 24.5 Å². The second-order valence-corrected chi connectivity index (χ2v) is 2.69. The van der Waals surface area contributed by atoms with Gasteiger partial charge in [-0.1, -0.05) is 12.1 Å². The highest BCUT2D eigenvalue weighted by Crippen LogP contribution is 2.26. The van der Waals surface area contributed by atoms with Crippen molar-refractivity contribution in [1.82, 2.24) is 0 Å². The van der Waals surface area contributed by atoms with Crippen LogP contribution in [0.2, 0.25) is 0 Å². The Hall–Kier alpha value is -0.980. The normalized spacial score (nSPS) is 15.6. The highest BCUT2D eigenvalue weighted by Gasteiger charge is 2.42. The molecule has 14 heavy (non-hydrogen) atoms. The highest BCUT2D eigenvalue weighted by atomic mass is 19.4. The molecule has 0 aromatic carbocycles. The maximum absolute atomic E-state index is 12.2. The van der Waals surface area contributed by atoms with Crippen LogP contribution < -0.4 is 5.73 Å². The molecule has 0 saturated heterocycles. The number of alkyl halides is 3. The maximum atomic E-state index is 12.2. The SMILES string of the molecule is CCCOCC(C(N)=NO)C(F)(F)F. The molecule has 0 aliphatic heterocycles. The van der Waals surface area contributed by atoms with Crippen LogP contribution in [0.25, 0.3) is 0 Å². The van der Waals surface area contributed by atoms with Crippen molar-refractivity contribution >= 4 is 5.84 Å². The number of rotatable bonds is 5. The topological polar surface area (TPSA) is 67.8 Å². The van der Waals surface area contributed by atoms with Crippen molar-refractivity contribution in [3.8, 4) is 0 Å². The quantitative estimate of drug-likeness (QED) is 0.238. The molecule has 0 fully saturated rings. The molecule has 0 aromatic rings. The lowest BCUT2D eigenvalue weighted by Gasteiger charge is -2.18. The van der Waals surface area contributed by atoms with E-state index in [4.69, 9.17) is 15.7 Å². The van der Waals surface area contributed by atoms with E-state index in [2.05, 4.69) is 5.16 Å². The van der Waals surface area contributed by atoms with Crippen LogP contribution in [0.4, 0.5) is 13.2 Å². The van der Waals surface area contributed by atoms with Crippen molar-refractivity contribution in [1.29, 1.82) is 0 Å². The predicted molar refractivity (Wildman–Crippen MR) is 44.1 cm³/mol. The molecule has 0 bridgehead atoms. The minimum Gasteiger partial charge on any atom is -0.409 e. The summed E-state index contributed by atoms with van der Waals surface area (Å²) in [6.07, 6.45) is -3.94. The Kier molecular flexibility index (Phi) is 5.29. The summed E-state index contributed by atoms with van der Waals surface area (Å²) in [6.45, 7) is 1.37. The minimum absolute atomic E-state index is 0.214. The summed E-state index contributed by atoms with van der Waals surface area (Å²) in [5.74, 6) is -2.92. The van der Waals surface area contributed by atoms with E-state index in [9.17, 15) is 13.2 Å². The molecule has 0 aromatic heterocycles. The van der Waals surface area contributed by atoms with Gasteiger partial charge in [-0.25, -0.2) is 0 Å². The standard InChI is InChI=1S/C7H13F3N2O2/c1-2-3-14-4-5(6(11)12-13)7(8,9)10/h5,13H,2-4H2,1H3,(H2,11,12). The summed E-state index contributed by atoms with van der Waals surface area (Å²) < 4.78 is 41.4. The van der Waals surface area contributed by atoms with Crippen LogP contribution in [-0.2, 0) is 4.74 Å².